The van der Waals surface area contributed by atoms with Crippen LogP contribution in [0.1, 0.15) is 26.7 Å². The van der Waals surface area contributed by atoms with Gasteiger partial charge in [-0.3, -0.25) is 9.59 Å². The third-order valence-corrected chi connectivity index (χ3v) is 4.32. The van der Waals surface area contributed by atoms with Gasteiger partial charge in [0.15, 0.2) is 5.76 Å². The van der Waals surface area contributed by atoms with Gasteiger partial charge in [-0.05, 0) is 54.6 Å². The van der Waals surface area contributed by atoms with Crippen molar-refractivity contribution in [3.05, 3.63) is 108 Å². The highest BCUT2D eigenvalue weighted by atomic mass is 16.3. The minimum atomic E-state index is -0.380. The molecule has 0 atom stereocenters. The van der Waals surface area contributed by atoms with E-state index in [0.29, 0.717) is 23.6 Å². The predicted molar refractivity (Wildman–Crippen MR) is 109 cm³/mol. The van der Waals surface area contributed by atoms with Crippen LogP contribution in [-0.4, -0.2) is 11.8 Å². The van der Waals surface area contributed by atoms with Gasteiger partial charge in [-0.15, -0.1) is 0 Å². The van der Waals surface area contributed by atoms with E-state index in [2.05, 4.69) is 5.32 Å². The first-order chi connectivity index (χ1) is 14.2. The zero-order valence-electron chi connectivity index (χ0n) is 15.4. The van der Waals surface area contributed by atoms with Crippen LogP contribution in [0.25, 0.3) is 0 Å². The van der Waals surface area contributed by atoms with Gasteiger partial charge >= 0.3 is 0 Å². The van der Waals surface area contributed by atoms with Crippen molar-refractivity contribution in [2.75, 3.05) is 10.2 Å². The van der Waals surface area contributed by atoms with E-state index in [1.807, 2.05) is 36.4 Å². The van der Waals surface area contributed by atoms with Gasteiger partial charge in [-0.25, -0.2) is 0 Å². The summed E-state index contributed by atoms with van der Waals surface area (Å²) in [5.41, 5.74) is 1.69. The summed E-state index contributed by atoms with van der Waals surface area (Å²) in [5.74, 6) is 0.284. The summed E-state index contributed by atoms with van der Waals surface area (Å²) in [7, 11) is 0. The van der Waals surface area contributed by atoms with Crippen LogP contribution in [0.4, 0.5) is 11.4 Å². The van der Waals surface area contributed by atoms with Crippen molar-refractivity contribution in [1.82, 2.24) is 0 Å². The number of anilines is 2. The van der Waals surface area contributed by atoms with Gasteiger partial charge in [0.05, 0.1) is 19.1 Å². The van der Waals surface area contributed by atoms with E-state index in [4.69, 9.17) is 8.83 Å². The van der Waals surface area contributed by atoms with Crippen molar-refractivity contribution >= 4 is 23.2 Å². The summed E-state index contributed by atoms with van der Waals surface area (Å²) in [6.45, 7) is 0.291. The number of nitrogens with one attached hydrogen (secondary N) is 1. The number of furan rings is 2. The molecule has 1 N–H and O–H groups in total. The molecule has 144 valence electrons. The summed E-state index contributed by atoms with van der Waals surface area (Å²) in [5, 5.41) is 2.74. The molecule has 2 heterocycles. The molecule has 29 heavy (non-hydrogen) atoms. The van der Waals surface area contributed by atoms with Gasteiger partial charge in [-0.1, -0.05) is 24.3 Å². The molecule has 0 aliphatic heterocycles. The lowest BCUT2D eigenvalue weighted by Crippen LogP contribution is -2.30. The maximum absolute atomic E-state index is 13.3. The van der Waals surface area contributed by atoms with Crippen molar-refractivity contribution in [3.63, 3.8) is 0 Å². The van der Waals surface area contributed by atoms with Gasteiger partial charge < -0.3 is 19.1 Å². The maximum atomic E-state index is 13.3. The molecule has 6 nitrogen and oxygen atoms in total. The monoisotopic (exact) mass is 386 g/mol. The Bertz CT molecular complexity index is 1090. The first-order valence-corrected chi connectivity index (χ1v) is 9.05. The molecule has 0 radical (unpaired) electrons. The second-order valence-electron chi connectivity index (χ2n) is 6.32. The number of nitrogens with zero attached hydrogens (tertiary/aromatic N) is 1. The summed E-state index contributed by atoms with van der Waals surface area (Å²) in [4.78, 5) is 27.1. The SMILES string of the molecule is O=C(Nc1cccc(C(=O)N(Cc2ccco2)c2ccccc2)c1)c1ccco1. The highest BCUT2D eigenvalue weighted by molar-refractivity contribution is 6.07. The average molecular weight is 386 g/mol. The molecule has 6 heteroatoms. The summed E-state index contributed by atoms with van der Waals surface area (Å²) in [6.07, 6.45) is 3.01. The number of carbonyl (C=O) groups excluding carboxylic acids is 2. The molecular formula is C23H18N2O4. The van der Waals surface area contributed by atoms with Crippen LogP contribution >= 0.6 is 0 Å². The zero-order chi connectivity index (χ0) is 20.1. The van der Waals surface area contributed by atoms with Gasteiger partial charge in [0, 0.05) is 16.9 Å². The van der Waals surface area contributed by atoms with E-state index < -0.39 is 0 Å². The second-order valence-corrected chi connectivity index (χ2v) is 6.32. The molecule has 0 spiro atoms. The molecule has 4 aromatic rings. The fraction of sp³-hybridized carbons (Fsp3) is 0.0435. The number of hydrogen-bond donors (Lipinski definition) is 1. The molecule has 2 aromatic heterocycles. The first kappa shape index (κ1) is 18.3. The van der Waals surface area contributed by atoms with Crippen LogP contribution in [0.2, 0.25) is 0 Å². The van der Waals surface area contributed by atoms with Crippen molar-refractivity contribution < 1.29 is 18.4 Å². The van der Waals surface area contributed by atoms with Crippen molar-refractivity contribution in [3.8, 4) is 0 Å². The van der Waals surface area contributed by atoms with Crippen LogP contribution in [0, 0.1) is 0 Å². The topological polar surface area (TPSA) is 75.7 Å². The molecule has 4 rings (SSSR count). The third kappa shape index (κ3) is 4.27. The van der Waals surface area contributed by atoms with E-state index in [0.717, 1.165) is 5.69 Å². The van der Waals surface area contributed by atoms with Gasteiger partial charge in [0.2, 0.25) is 0 Å². The van der Waals surface area contributed by atoms with Crippen molar-refractivity contribution in [2.24, 2.45) is 0 Å². The van der Waals surface area contributed by atoms with Crippen LogP contribution in [0.5, 0.6) is 0 Å². The molecule has 0 aliphatic rings. The normalized spacial score (nSPS) is 10.5. The molecule has 0 bridgehead atoms. The van der Waals surface area contributed by atoms with Crippen molar-refractivity contribution in [1.29, 1.82) is 0 Å². The zero-order valence-corrected chi connectivity index (χ0v) is 15.4. The Balaban J connectivity index is 1.59. The van der Waals surface area contributed by atoms with Crippen LogP contribution in [0.3, 0.4) is 0 Å². The summed E-state index contributed by atoms with van der Waals surface area (Å²) < 4.78 is 10.5. The Morgan fingerprint density at radius 1 is 0.828 bits per heavy atom. The van der Waals surface area contributed by atoms with E-state index >= 15 is 0 Å². The van der Waals surface area contributed by atoms with Crippen LogP contribution < -0.4 is 10.2 Å². The minimum absolute atomic E-state index is 0.200. The predicted octanol–water partition coefficient (Wildman–Crippen LogP) is 4.97. The highest BCUT2D eigenvalue weighted by Gasteiger charge is 2.20. The molecule has 0 fully saturated rings. The summed E-state index contributed by atoms with van der Waals surface area (Å²) >= 11 is 0. The molecular weight excluding hydrogens is 368 g/mol. The number of rotatable bonds is 6. The summed E-state index contributed by atoms with van der Waals surface area (Å²) in [6, 6.07) is 23.0. The average Bonchev–Trinajstić information content (AvgIpc) is 3.46. The Labute approximate surface area is 167 Å². The molecule has 0 aliphatic carbocycles. The quantitative estimate of drug-likeness (QED) is 0.507. The lowest BCUT2D eigenvalue weighted by molar-refractivity contribution is 0.0978. The number of amides is 2. The largest absolute Gasteiger partial charge is 0.467 e. The van der Waals surface area contributed by atoms with E-state index in [1.54, 1.807) is 53.6 Å². The Morgan fingerprint density at radius 2 is 1.62 bits per heavy atom. The maximum Gasteiger partial charge on any atom is 0.291 e. The fourth-order valence-corrected chi connectivity index (χ4v) is 2.93. The van der Waals surface area contributed by atoms with Gasteiger partial charge in [-0.2, -0.15) is 0 Å². The smallest absolute Gasteiger partial charge is 0.291 e. The Hall–Kier alpha value is -4.06. The molecule has 2 aromatic carbocycles. The number of hydrogen-bond acceptors (Lipinski definition) is 4. The lowest BCUT2D eigenvalue weighted by Gasteiger charge is -2.22. The molecule has 0 saturated heterocycles. The van der Waals surface area contributed by atoms with E-state index in [-0.39, 0.29) is 17.6 Å². The minimum Gasteiger partial charge on any atom is -0.467 e. The fourth-order valence-electron chi connectivity index (χ4n) is 2.93. The number of para-hydroxylation sites is 1. The third-order valence-electron chi connectivity index (χ3n) is 4.32. The lowest BCUT2D eigenvalue weighted by atomic mass is 10.1. The Morgan fingerprint density at radius 3 is 2.34 bits per heavy atom. The van der Waals surface area contributed by atoms with Crippen molar-refractivity contribution in [2.45, 2.75) is 6.54 Å². The highest BCUT2D eigenvalue weighted by Crippen LogP contribution is 2.22. The van der Waals surface area contributed by atoms with Crippen LogP contribution in [-0.2, 0) is 6.54 Å². The van der Waals surface area contributed by atoms with E-state index in [1.165, 1.54) is 6.26 Å². The van der Waals surface area contributed by atoms with Gasteiger partial charge in [0.25, 0.3) is 11.8 Å². The van der Waals surface area contributed by atoms with E-state index in [9.17, 15) is 9.59 Å². The Kier molecular flexibility index (Phi) is 5.25. The van der Waals surface area contributed by atoms with Gasteiger partial charge in [0.1, 0.15) is 5.76 Å². The molecule has 2 amide bonds. The first-order valence-electron chi connectivity index (χ1n) is 9.05. The number of carbonyl (C=O) groups is 2. The van der Waals surface area contributed by atoms with Crippen LogP contribution in [0.15, 0.2) is 100 Å². The molecule has 0 unspecified atom stereocenters. The number of benzene rings is 2. The molecule has 0 saturated carbocycles. The second kappa shape index (κ2) is 8.31. The standard InChI is InChI=1S/C23H18N2O4/c26-22(21-12-6-14-29-21)24-18-8-4-7-17(15-18)23(27)25(16-20-11-5-13-28-20)19-9-2-1-3-10-19/h1-15H,16H2,(H,24,26).